The molecule has 112 heavy (non-hydrogen) atoms. The molecule has 1 aromatic carbocycles. The number of carbonyl (C=O) groups excluding carboxylic acids is 12. The molecule has 0 unspecified atom stereocenters. The van der Waals surface area contributed by atoms with Gasteiger partial charge >= 0.3 is 0 Å². The highest BCUT2D eigenvalue weighted by Crippen LogP contribution is 2.21. The predicted octanol–water partition coefficient (Wildman–Crippen LogP) is -5.80. The average molecular weight is 1580 g/mol. The van der Waals surface area contributed by atoms with Gasteiger partial charge in [0.1, 0.15) is 66.5 Å². The molecule has 0 aliphatic carbocycles. The molecule has 0 aliphatic heterocycles. The van der Waals surface area contributed by atoms with Gasteiger partial charge in [0.05, 0.1) is 6.04 Å². The van der Waals surface area contributed by atoms with Crippen LogP contribution in [0.3, 0.4) is 0 Å². The number of aromatic amines is 1. The Kier molecular flexibility index (Phi) is 43.0. The normalized spacial score (nSPS) is 14.9. The van der Waals surface area contributed by atoms with Crippen molar-refractivity contribution in [1.29, 1.82) is 0 Å². The summed E-state index contributed by atoms with van der Waals surface area (Å²) in [7, 11) is 0. The molecule has 0 spiro atoms. The SMILES string of the molecule is CC[C@H](C)[C@H](NC(=O)[C@H](CCCN=C(N)N)NC(=O)[C@@H](NC(=O)[C@H](C)NC(=O)[C@@H](NC(=O)[C@@H](NC(=O)[C@H](CC(C)C)NC(=O)[C@H](CCCN=C(N)N)NC(=O)[C@@H](N)CCN=C(N)N)[C@@H](C)CC)C(C)C)C(C)C)C(=O)N[C@@H](Cc1c[nH]c2ccccc12)C(=O)N[C@@H](CCCN=C(N)N)C(=O)N[C@@H](CCCN=C(N)N)C(N)=O. The molecule has 0 fully saturated rings. The van der Waals surface area contributed by atoms with E-state index in [9.17, 15) is 57.5 Å². The van der Waals surface area contributed by atoms with Crippen molar-refractivity contribution in [3.05, 3.63) is 36.0 Å². The van der Waals surface area contributed by atoms with Crippen molar-refractivity contribution in [1.82, 2.24) is 63.5 Å². The Bertz CT molecular complexity index is 3580. The van der Waals surface area contributed by atoms with Gasteiger partial charge in [-0.3, -0.25) is 82.5 Å². The lowest BCUT2D eigenvalue weighted by atomic mass is 9.95. The van der Waals surface area contributed by atoms with Gasteiger partial charge in [-0.1, -0.05) is 100 Å². The van der Waals surface area contributed by atoms with Gasteiger partial charge in [0, 0.05) is 56.2 Å². The Morgan fingerprint density at radius 3 is 1.12 bits per heavy atom. The molecule has 628 valence electrons. The topological polar surface area (TPSA) is 727 Å². The first-order chi connectivity index (χ1) is 52.6. The number of primary amides is 1. The zero-order valence-corrected chi connectivity index (χ0v) is 66.5. The summed E-state index contributed by atoms with van der Waals surface area (Å²) in [4.78, 5) is 194. The monoisotopic (exact) mass is 1580 g/mol. The number of hydrogen-bond acceptors (Lipinski definition) is 18. The van der Waals surface area contributed by atoms with Crippen LogP contribution in [-0.4, -0.2) is 211 Å². The van der Waals surface area contributed by atoms with Crippen LogP contribution >= 0.6 is 0 Å². The fourth-order valence-corrected chi connectivity index (χ4v) is 11.5. The molecule has 36 N–H and O–H groups in total. The minimum absolute atomic E-state index is 0.000281. The number of hydrogen-bond donors (Lipinski definition) is 24. The number of para-hydroxylation sites is 1. The average Bonchev–Trinajstić information content (AvgIpc) is 1.66. The lowest BCUT2D eigenvalue weighted by Gasteiger charge is -2.31. The third-order valence-electron chi connectivity index (χ3n) is 18.3. The van der Waals surface area contributed by atoms with E-state index in [1.165, 1.54) is 6.92 Å². The standard InChI is InChI=1S/C71H127N29O12/c1-12-38(9)53(65(111)96-50(33-41-34-89-44-21-15-14-20-42(41)44)61(107)93-47(24-18-29-86-69(78)79)58(104)91-45(55(73)101)22-16-27-84-67(74)75)99-60(106)48(25-19-30-87-70(80)81)94-64(110)52(37(7)8)97-56(102)40(11)90-63(109)51(36(5)6)98-66(112)54(39(10)13-2)100-62(108)49(32-35(3)4)95-59(105)46(23-17-28-85-68(76)77)92-57(103)43(72)26-31-88-71(82)83/h14-15,20-21,34-40,43,45-54,89H,12-13,16-19,22-33,72H2,1-11H3,(H2,73,101)(H,90,109)(H,91,104)(H,92,103)(H,93,107)(H,94,110)(H,95,105)(H,96,111)(H,97,102)(H,98,112)(H,99,106)(H,100,108)(H4,74,75,84)(H4,76,77,85)(H4,78,79,86)(H4,80,81,87)(H4,82,83,88)/t38-,39-,40-,43-,45-,46-,47-,48-,49-,50-,51-,52-,53-,54-/m0/s1. The van der Waals surface area contributed by atoms with E-state index >= 15 is 0 Å². The first kappa shape index (κ1) is 96.8. The zero-order valence-electron chi connectivity index (χ0n) is 66.5. The second kappa shape index (κ2) is 49.8. The molecule has 0 radical (unpaired) electrons. The molecule has 0 saturated carbocycles. The number of amides is 12. The highest BCUT2D eigenvalue weighted by molar-refractivity contribution is 6.00. The first-order valence-electron chi connectivity index (χ1n) is 37.8. The number of aliphatic imine (C=N–C) groups is 5. The van der Waals surface area contributed by atoms with Crippen LogP contribution in [0.25, 0.3) is 10.9 Å². The summed E-state index contributed by atoms with van der Waals surface area (Å²) >= 11 is 0. The Balaban J connectivity index is 2.51. The van der Waals surface area contributed by atoms with Gasteiger partial charge in [0.2, 0.25) is 70.9 Å². The van der Waals surface area contributed by atoms with E-state index in [1.54, 1.807) is 79.8 Å². The highest BCUT2D eigenvalue weighted by atomic mass is 16.2. The van der Waals surface area contributed by atoms with Crippen molar-refractivity contribution in [3.8, 4) is 0 Å². The number of H-pyrrole nitrogens is 1. The molecule has 0 bridgehead atoms. The van der Waals surface area contributed by atoms with E-state index in [2.05, 4.69) is 88.4 Å². The minimum Gasteiger partial charge on any atom is -0.370 e. The molecular weight excluding hydrogens is 1450 g/mol. The predicted molar refractivity (Wildman–Crippen MR) is 429 cm³/mol. The van der Waals surface area contributed by atoms with Crippen molar-refractivity contribution >= 4 is 112 Å². The highest BCUT2D eigenvalue weighted by Gasteiger charge is 2.39. The molecule has 1 aromatic heterocycles. The molecule has 14 atom stereocenters. The number of nitrogens with one attached hydrogen (secondary N) is 12. The summed E-state index contributed by atoms with van der Waals surface area (Å²) in [5, 5.41) is 30.6. The molecule has 2 rings (SSSR count). The Morgan fingerprint density at radius 2 is 0.696 bits per heavy atom. The summed E-state index contributed by atoms with van der Waals surface area (Å²) in [5.74, 6) is -13.4. The van der Waals surface area contributed by atoms with Crippen LogP contribution < -0.4 is 127 Å². The Hall–Kier alpha value is -11.3. The summed E-state index contributed by atoms with van der Waals surface area (Å²) in [5.41, 5.74) is 68.3. The van der Waals surface area contributed by atoms with Gasteiger partial charge in [-0.05, 0) is 112 Å². The van der Waals surface area contributed by atoms with E-state index < -0.39 is 167 Å². The zero-order chi connectivity index (χ0) is 84.6. The van der Waals surface area contributed by atoms with Crippen molar-refractivity contribution in [2.45, 2.75) is 232 Å². The van der Waals surface area contributed by atoms with Crippen LogP contribution in [-0.2, 0) is 64.0 Å². The smallest absolute Gasteiger partial charge is 0.243 e. The van der Waals surface area contributed by atoms with Crippen LogP contribution in [0, 0.1) is 29.6 Å². The molecule has 12 amide bonds. The third-order valence-corrected chi connectivity index (χ3v) is 18.3. The number of benzene rings is 1. The molecule has 0 saturated heterocycles. The van der Waals surface area contributed by atoms with Crippen LogP contribution in [0.1, 0.15) is 159 Å². The molecule has 2 aromatic rings. The number of rotatable bonds is 52. The van der Waals surface area contributed by atoms with Crippen molar-refractivity contribution in [2.24, 2.45) is 123 Å². The summed E-state index contributed by atoms with van der Waals surface area (Å²) < 4.78 is 0. The number of carbonyl (C=O) groups is 12. The van der Waals surface area contributed by atoms with Gasteiger partial charge in [-0.15, -0.1) is 0 Å². The molecule has 0 aliphatic rings. The molecule has 41 nitrogen and oxygen atoms in total. The number of fused-ring (bicyclic) bond motifs is 1. The van der Waals surface area contributed by atoms with Gasteiger partial charge in [0.15, 0.2) is 29.8 Å². The lowest BCUT2D eigenvalue weighted by molar-refractivity contribution is -0.137. The number of guanidine groups is 5. The quantitative estimate of drug-likeness (QED) is 0.0167. The van der Waals surface area contributed by atoms with E-state index in [0.29, 0.717) is 29.3 Å². The van der Waals surface area contributed by atoms with Gasteiger partial charge < -0.3 is 132 Å². The maximum absolute atomic E-state index is 15.0. The maximum atomic E-state index is 15.0. The van der Waals surface area contributed by atoms with Crippen LogP contribution in [0.15, 0.2) is 55.4 Å². The number of nitrogens with zero attached hydrogens (tertiary/aromatic N) is 5. The molecule has 1 heterocycles. The van der Waals surface area contributed by atoms with Crippen molar-refractivity contribution in [3.63, 3.8) is 0 Å². The first-order valence-corrected chi connectivity index (χ1v) is 37.8. The second-order valence-electron chi connectivity index (χ2n) is 28.9. The number of aromatic nitrogens is 1. The van der Waals surface area contributed by atoms with E-state index in [0.717, 1.165) is 0 Å². The van der Waals surface area contributed by atoms with Gasteiger partial charge in [0.25, 0.3) is 0 Å². The van der Waals surface area contributed by atoms with E-state index in [4.69, 9.17) is 68.8 Å². The second-order valence-corrected chi connectivity index (χ2v) is 28.9. The fraction of sp³-hybridized carbons (Fsp3) is 0.648. The third kappa shape index (κ3) is 35.6. The van der Waals surface area contributed by atoms with Gasteiger partial charge in [-0.25, -0.2) is 0 Å². The van der Waals surface area contributed by atoms with Crippen LogP contribution in [0.4, 0.5) is 0 Å². The molecular formula is C71H127N29O12. The fourth-order valence-electron chi connectivity index (χ4n) is 11.5. The van der Waals surface area contributed by atoms with Gasteiger partial charge in [-0.2, -0.15) is 0 Å². The van der Waals surface area contributed by atoms with E-state index in [1.807, 2.05) is 19.9 Å². The summed E-state index contributed by atoms with van der Waals surface area (Å²) in [6.45, 7) is 18.7. The Labute approximate surface area is 654 Å². The van der Waals surface area contributed by atoms with Crippen LogP contribution in [0.2, 0.25) is 0 Å². The van der Waals surface area contributed by atoms with Crippen LogP contribution in [0.5, 0.6) is 0 Å². The summed E-state index contributed by atoms with van der Waals surface area (Å²) in [6, 6.07) is -8.57. The van der Waals surface area contributed by atoms with Crippen molar-refractivity contribution in [2.75, 3.05) is 32.7 Å². The Morgan fingerprint density at radius 1 is 0.366 bits per heavy atom. The maximum Gasteiger partial charge on any atom is 0.243 e. The lowest BCUT2D eigenvalue weighted by Crippen LogP contribution is -2.62. The van der Waals surface area contributed by atoms with Crippen molar-refractivity contribution < 1.29 is 57.5 Å². The number of nitrogens with two attached hydrogens (primary N) is 12. The van der Waals surface area contributed by atoms with E-state index in [-0.39, 0.29) is 139 Å². The summed E-state index contributed by atoms with van der Waals surface area (Å²) in [6.07, 6.45) is 2.86. The minimum atomic E-state index is -1.45. The molecule has 41 heteroatoms. The largest absolute Gasteiger partial charge is 0.370 e.